The van der Waals surface area contributed by atoms with Gasteiger partial charge >= 0.3 is 0 Å². The van der Waals surface area contributed by atoms with Crippen LogP contribution in [0.1, 0.15) is 12.5 Å². The van der Waals surface area contributed by atoms with E-state index in [1.807, 2.05) is 23.7 Å². The number of para-hydroxylation sites is 1. The number of carbonyl (C=O) groups is 1. The molecule has 5 nitrogen and oxygen atoms in total. The molecule has 1 amide bonds. The van der Waals surface area contributed by atoms with E-state index in [0.29, 0.717) is 16.3 Å². The number of imidazole rings is 1. The van der Waals surface area contributed by atoms with Crippen molar-refractivity contribution in [1.29, 1.82) is 5.26 Å². The fourth-order valence-corrected chi connectivity index (χ4v) is 3.45. The van der Waals surface area contributed by atoms with Crippen LogP contribution in [0, 0.1) is 11.3 Å². The minimum atomic E-state index is -0.377. The molecule has 1 unspecified atom stereocenters. The number of fused-ring (bicyclic) bond motifs is 1. The molecule has 0 saturated heterocycles. The van der Waals surface area contributed by atoms with E-state index in [4.69, 9.17) is 16.9 Å². The summed E-state index contributed by atoms with van der Waals surface area (Å²) in [5, 5.41) is 12.9. The number of hydrogen-bond acceptors (Lipinski definition) is 4. The van der Waals surface area contributed by atoms with Gasteiger partial charge in [0.05, 0.1) is 27.5 Å². The Morgan fingerprint density at radius 1 is 1.36 bits per heavy atom. The fraction of sp³-hybridized carbons (Fsp3) is 0.167. The van der Waals surface area contributed by atoms with Gasteiger partial charge < -0.3 is 9.88 Å². The standard InChI is InChI=1S/C18H15ClN4OS/c1-11(17(24)21-14-6-4-3-5-12(14)10-20)25-18-22-15-9-13(19)7-8-16(15)23(18)2/h3-9,11H,1-2H3,(H,21,24). The van der Waals surface area contributed by atoms with Gasteiger partial charge in [0, 0.05) is 12.1 Å². The molecule has 0 aliphatic rings. The summed E-state index contributed by atoms with van der Waals surface area (Å²) in [7, 11) is 1.90. The second-order valence-electron chi connectivity index (χ2n) is 5.49. The highest BCUT2D eigenvalue weighted by Crippen LogP contribution is 2.28. The monoisotopic (exact) mass is 370 g/mol. The van der Waals surface area contributed by atoms with Crippen LogP contribution < -0.4 is 5.32 Å². The smallest absolute Gasteiger partial charge is 0.237 e. The lowest BCUT2D eigenvalue weighted by Gasteiger charge is -2.12. The van der Waals surface area contributed by atoms with Crippen LogP contribution in [0.25, 0.3) is 11.0 Å². The Labute approximate surface area is 154 Å². The molecule has 0 aliphatic heterocycles. The number of carbonyl (C=O) groups excluding carboxylic acids is 1. The van der Waals surface area contributed by atoms with Crippen LogP contribution >= 0.6 is 23.4 Å². The van der Waals surface area contributed by atoms with Gasteiger partial charge in [-0.2, -0.15) is 5.26 Å². The van der Waals surface area contributed by atoms with Gasteiger partial charge in [0.1, 0.15) is 6.07 Å². The van der Waals surface area contributed by atoms with E-state index in [2.05, 4.69) is 16.4 Å². The number of thioether (sulfide) groups is 1. The summed E-state index contributed by atoms with van der Waals surface area (Å²) in [6, 6.07) is 14.5. The molecule has 126 valence electrons. The molecule has 1 heterocycles. The first-order valence-corrected chi connectivity index (χ1v) is 8.84. The largest absolute Gasteiger partial charge is 0.324 e. The zero-order chi connectivity index (χ0) is 18.0. The second-order valence-corrected chi connectivity index (χ2v) is 7.24. The number of halogens is 1. The van der Waals surface area contributed by atoms with Crippen LogP contribution in [0.2, 0.25) is 5.02 Å². The van der Waals surface area contributed by atoms with Crippen molar-refractivity contribution in [3.05, 3.63) is 53.1 Å². The predicted octanol–water partition coefficient (Wildman–Crippen LogP) is 4.22. The minimum absolute atomic E-state index is 0.183. The van der Waals surface area contributed by atoms with Gasteiger partial charge in [0.15, 0.2) is 5.16 Å². The summed E-state index contributed by atoms with van der Waals surface area (Å²) in [5.41, 5.74) is 2.69. The first-order chi connectivity index (χ1) is 12.0. The fourth-order valence-electron chi connectivity index (χ4n) is 2.39. The Balaban J connectivity index is 1.78. The number of rotatable bonds is 4. The molecule has 0 aliphatic carbocycles. The second kappa shape index (κ2) is 7.18. The van der Waals surface area contributed by atoms with E-state index in [0.717, 1.165) is 16.2 Å². The molecule has 1 aromatic heterocycles. The molecule has 1 atom stereocenters. The minimum Gasteiger partial charge on any atom is -0.324 e. The molecule has 2 aromatic carbocycles. The van der Waals surface area contributed by atoms with Crippen LogP contribution in [0.4, 0.5) is 5.69 Å². The Bertz CT molecular complexity index is 992. The quantitative estimate of drug-likeness (QED) is 0.698. The highest BCUT2D eigenvalue weighted by atomic mass is 35.5. The summed E-state index contributed by atoms with van der Waals surface area (Å²) >= 11 is 7.37. The first kappa shape index (κ1) is 17.3. The molecule has 0 saturated carbocycles. The van der Waals surface area contributed by atoms with Gasteiger partial charge in [-0.05, 0) is 37.3 Å². The maximum absolute atomic E-state index is 12.5. The van der Waals surface area contributed by atoms with Crippen LogP contribution in [0.3, 0.4) is 0 Å². The Kier molecular flexibility index (Phi) is 4.98. The van der Waals surface area contributed by atoms with Gasteiger partial charge in [-0.3, -0.25) is 4.79 Å². The lowest BCUT2D eigenvalue weighted by Crippen LogP contribution is -2.23. The van der Waals surface area contributed by atoms with Crippen molar-refractivity contribution in [3.8, 4) is 6.07 Å². The highest BCUT2D eigenvalue weighted by Gasteiger charge is 2.19. The SMILES string of the molecule is CC(Sc1nc2cc(Cl)ccc2n1C)C(=O)Nc1ccccc1C#N. The third-order valence-electron chi connectivity index (χ3n) is 3.76. The van der Waals surface area contributed by atoms with E-state index in [-0.39, 0.29) is 11.2 Å². The topological polar surface area (TPSA) is 70.7 Å². The zero-order valence-corrected chi connectivity index (χ0v) is 15.2. The van der Waals surface area contributed by atoms with Crippen molar-refractivity contribution >= 4 is 46.0 Å². The van der Waals surface area contributed by atoms with Gasteiger partial charge in [-0.1, -0.05) is 35.5 Å². The van der Waals surface area contributed by atoms with Gasteiger partial charge in [-0.15, -0.1) is 0 Å². The molecule has 3 aromatic rings. The Morgan fingerprint density at radius 2 is 2.12 bits per heavy atom. The van der Waals surface area contributed by atoms with Crippen molar-refractivity contribution in [1.82, 2.24) is 9.55 Å². The van der Waals surface area contributed by atoms with Crippen LogP contribution in [-0.2, 0) is 11.8 Å². The normalized spacial score (nSPS) is 11.9. The van der Waals surface area contributed by atoms with Gasteiger partial charge in [0.25, 0.3) is 0 Å². The molecule has 0 spiro atoms. The number of hydrogen-bond donors (Lipinski definition) is 1. The van der Waals surface area contributed by atoms with Crippen molar-refractivity contribution in [2.45, 2.75) is 17.3 Å². The number of nitrogens with zero attached hydrogens (tertiary/aromatic N) is 3. The van der Waals surface area contributed by atoms with Crippen molar-refractivity contribution in [3.63, 3.8) is 0 Å². The summed E-state index contributed by atoms with van der Waals surface area (Å²) < 4.78 is 1.93. The maximum Gasteiger partial charge on any atom is 0.237 e. The third-order valence-corrected chi connectivity index (χ3v) is 5.14. The first-order valence-electron chi connectivity index (χ1n) is 7.58. The summed E-state index contributed by atoms with van der Waals surface area (Å²) in [6.07, 6.45) is 0. The predicted molar refractivity (Wildman–Crippen MR) is 101 cm³/mol. The molecular formula is C18H15ClN4OS. The number of aromatic nitrogens is 2. The number of nitriles is 1. The maximum atomic E-state index is 12.5. The van der Waals surface area contributed by atoms with E-state index >= 15 is 0 Å². The molecular weight excluding hydrogens is 356 g/mol. The van der Waals surface area contributed by atoms with Crippen LogP contribution in [0.5, 0.6) is 0 Å². The van der Waals surface area contributed by atoms with Crippen molar-refractivity contribution < 1.29 is 4.79 Å². The molecule has 0 fully saturated rings. The van der Waals surface area contributed by atoms with Crippen LogP contribution in [-0.4, -0.2) is 20.7 Å². The average Bonchev–Trinajstić information content (AvgIpc) is 2.90. The van der Waals surface area contributed by atoms with Crippen molar-refractivity contribution in [2.24, 2.45) is 7.05 Å². The van der Waals surface area contributed by atoms with Gasteiger partial charge in [-0.25, -0.2) is 4.98 Å². The third kappa shape index (κ3) is 3.63. The molecule has 3 rings (SSSR count). The van der Waals surface area contributed by atoms with Crippen LogP contribution in [0.15, 0.2) is 47.6 Å². The summed E-state index contributed by atoms with van der Waals surface area (Å²) in [6.45, 7) is 1.81. The molecule has 1 N–H and O–H groups in total. The Hall–Kier alpha value is -2.49. The molecule has 7 heteroatoms. The van der Waals surface area contributed by atoms with E-state index in [9.17, 15) is 4.79 Å². The number of aryl methyl sites for hydroxylation is 1. The highest BCUT2D eigenvalue weighted by molar-refractivity contribution is 8.00. The number of amides is 1. The number of anilines is 1. The lowest BCUT2D eigenvalue weighted by atomic mass is 10.2. The lowest BCUT2D eigenvalue weighted by molar-refractivity contribution is -0.115. The molecule has 0 bridgehead atoms. The molecule has 25 heavy (non-hydrogen) atoms. The van der Waals surface area contributed by atoms with E-state index in [1.165, 1.54) is 11.8 Å². The van der Waals surface area contributed by atoms with Crippen molar-refractivity contribution in [2.75, 3.05) is 5.32 Å². The zero-order valence-electron chi connectivity index (χ0n) is 13.7. The van der Waals surface area contributed by atoms with E-state index in [1.54, 1.807) is 37.3 Å². The van der Waals surface area contributed by atoms with Gasteiger partial charge in [0.2, 0.25) is 5.91 Å². The Morgan fingerprint density at radius 3 is 2.88 bits per heavy atom. The number of nitrogens with one attached hydrogen (secondary N) is 1. The molecule has 0 radical (unpaired) electrons. The van der Waals surface area contributed by atoms with E-state index < -0.39 is 0 Å². The summed E-state index contributed by atoms with van der Waals surface area (Å²) in [5.74, 6) is -0.183. The summed E-state index contributed by atoms with van der Waals surface area (Å²) in [4.78, 5) is 17.0. The average molecular weight is 371 g/mol. The number of benzene rings is 2.